The maximum Gasteiger partial charge on any atom is 0.251 e. The molecule has 0 unspecified atom stereocenters. The summed E-state index contributed by atoms with van der Waals surface area (Å²) in [7, 11) is 0. The summed E-state index contributed by atoms with van der Waals surface area (Å²) < 4.78 is 11.2. The zero-order valence-electron chi connectivity index (χ0n) is 13.4. The number of thioether (sulfide) groups is 2. The van der Waals surface area contributed by atoms with Crippen LogP contribution in [-0.4, -0.2) is 30.6 Å². The number of ether oxygens (including phenoxy) is 1. The maximum atomic E-state index is 12.1. The van der Waals surface area contributed by atoms with Gasteiger partial charge in [0, 0.05) is 30.2 Å². The standard InChI is InChI=1S/C18H21NO3S2/c20-17(19-8-2-9-21-13-16-3-1-10-22-16)14-4-6-15(7-5-14)18-23-11-12-24-18/h1,3-7,10,18H,2,8-9,11-13H2,(H,19,20). The van der Waals surface area contributed by atoms with Crippen LogP contribution >= 0.6 is 23.5 Å². The van der Waals surface area contributed by atoms with Gasteiger partial charge >= 0.3 is 0 Å². The van der Waals surface area contributed by atoms with Crippen molar-refractivity contribution >= 4 is 29.4 Å². The van der Waals surface area contributed by atoms with Crippen molar-refractivity contribution in [2.24, 2.45) is 0 Å². The average Bonchev–Trinajstić information content (AvgIpc) is 3.31. The zero-order chi connectivity index (χ0) is 16.6. The van der Waals surface area contributed by atoms with E-state index in [1.165, 1.54) is 17.1 Å². The summed E-state index contributed by atoms with van der Waals surface area (Å²) in [4.78, 5) is 12.1. The molecule has 0 radical (unpaired) electrons. The molecule has 1 N–H and O–H groups in total. The van der Waals surface area contributed by atoms with Crippen molar-refractivity contribution in [1.29, 1.82) is 0 Å². The second-order valence-corrected chi connectivity index (χ2v) is 8.16. The van der Waals surface area contributed by atoms with Crippen molar-refractivity contribution in [2.45, 2.75) is 17.6 Å². The molecule has 1 aliphatic rings. The number of benzene rings is 1. The Morgan fingerprint density at radius 2 is 2.00 bits per heavy atom. The van der Waals surface area contributed by atoms with Crippen LogP contribution in [0.2, 0.25) is 0 Å². The molecule has 0 bridgehead atoms. The fourth-order valence-corrected chi connectivity index (χ4v) is 5.25. The minimum Gasteiger partial charge on any atom is -0.467 e. The molecule has 0 aliphatic carbocycles. The lowest BCUT2D eigenvalue weighted by molar-refractivity contribution is 0.0917. The largest absolute Gasteiger partial charge is 0.467 e. The van der Waals surface area contributed by atoms with E-state index < -0.39 is 0 Å². The number of furan rings is 1. The number of nitrogens with one attached hydrogen (secondary N) is 1. The van der Waals surface area contributed by atoms with Crippen LogP contribution in [0.3, 0.4) is 0 Å². The number of rotatable bonds is 8. The van der Waals surface area contributed by atoms with Crippen LogP contribution in [0.25, 0.3) is 0 Å². The molecule has 128 valence electrons. The quantitative estimate of drug-likeness (QED) is 0.716. The maximum absolute atomic E-state index is 12.1. The van der Waals surface area contributed by atoms with Crippen LogP contribution < -0.4 is 5.32 Å². The van der Waals surface area contributed by atoms with Crippen molar-refractivity contribution in [3.8, 4) is 0 Å². The van der Waals surface area contributed by atoms with Gasteiger partial charge in [-0.15, -0.1) is 23.5 Å². The first-order chi connectivity index (χ1) is 11.8. The first kappa shape index (κ1) is 17.5. The number of hydrogen-bond donors (Lipinski definition) is 1. The third-order valence-corrected chi connectivity index (χ3v) is 6.75. The molecule has 3 rings (SSSR count). The average molecular weight is 364 g/mol. The molecule has 1 aromatic carbocycles. The summed E-state index contributed by atoms with van der Waals surface area (Å²) in [6, 6.07) is 11.7. The van der Waals surface area contributed by atoms with Crippen LogP contribution in [0.5, 0.6) is 0 Å². The molecule has 0 saturated carbocycles. The van der Waals surface area contributed by atoms with E-state index in [0.29, 0.717) is 29.9 Å². The molecule has 6 heteroatoms. The van der Waals surface area contributed by atoms with E-state index in [1.807, 2.05) is 47.8 Å². The fraction of sp³-hybridized carbons (Fsp3) is 0.389. The molecule has 4 nitrogen and oxygen atoms in total. The third kappa shape index (κ3) is 5.06. The highest BCUT2D eigenvalue weighted by Crippen LogP contribution is 2.45. The van der Waals surface area contributed by atoms with Gasteiger partial charge < -0.3 is 14.5 Å². The van der Waals surface area contributed by atoms with E-state index in [9.17, 15) is 4.79 Å². The Morgan fingerprint density at radius 3 is 2.71 bits per heavy atom. The van der Waals surface area contributed by atoms with Crippen LogP contribution in [-0.2, 0) is 11.3 Å². The lowest BCUT2D eigenvalue weighted by atomic mass is 10.1. The lowest BCUT2D eigenvalue weighted by Crippen LogP contribution is -2.25. The highest BCUT2D eigenvalue weighted by molar-refractivity contribution is 8.19. The lowest BCUT2D eigenvalue weighted by Gasteiger charge is -2.09. The summed E-state index contributed by atoms with van der Waals surface area (Å²) in [6.07, 6.45) is 2.41. The molecule has 1 aromatic heterocycles. The summed E-state index contributed by atoms with van der Waals surface area (Å²) in [6.45, 7) is 1.67. The number of amides is 1. The van der Waals surface area contributed by atoms with Gasteiger partial charge in [-0.3, -0.25) is 4.79 Å². The van der Waals surface area contributed by atoms with Gasteiger partial charge in [0.2, 0.25) is 0 Å². The normalized spacial score (nSPS) is 14.8. The van der Waals surface area contributed by atoms with E-state index in [1.54, 1.807) is 6.26 Å². The van der Waals surface area contributed by atoms with Gasteiger partial charge in [-0.2, -0.15) is 0 Å². The molecule has 0 spiro atoms. The van der Waals surface area contributed by atoms with Gasteiger partial charge in [-0.25, -0.2) is 0 Å². The van der Waals surface area contributed by atoms with E-state index in [-0.39, 0.29) is 5.91 Å². The monoisotopic (exact) mass is 363 g/mol. The molecular weight excluding hydrogens is 342 g/mol. The highest BCUT2D eigenvalue weighted by Gasteiger charge is 2.18. The minimum absolute atomic E-state index is 0.0284. The Bertz CT molecular complexity index is 622. The van der Waals surface area contributed by atoms with Crippen molar-refractivity contribution in [1.82, 2.24) is 5.32 Å². The Balaban J connectivity index is 1.34. The fourth-order valence-electron chi connectivity index (χ4n) is 2.39. The van der Waals surface area contributed by atoms with Gasteiger partial charge in [0.15, 0.2) is 0 Å². The van der Waals surface area contributed by atoms with E-state index in [4.69, 9.17) is 9.15 Å². The summed E-state index contributed by atoms with van der Waals surface area (Å²) >= 11 is 3.94. The topological polar surface area (TPSA) is 51.5 Å². The second kappa shape index (κ2) is 9.20. The molecule has 1 saturated heterocycles. The molecule has 1 amide bonds. The Labute approximate surface area is 150 Å². The predicted octanol–water partition coefficient (Wildman–Crippen LogP) is 4.09. The van der Waals surface area contributed by atoms with Gasteiger partial charge in [0.1, 0.15) is 12.4 Å². The first-order valence-electron chi connectivity index (χ1n) is 8.04. The van der Waals surface area contributed by atoms with Gasteiger partial charge in [-0.1, -0.05) is 12.1 Å². The predicted molar refractivity (Wildman–Crippen MR) is 99.4 cm³/mol. The molecule has 1 aliphatic heterocycles. The van der Waals surface area contributed by atoms with Crippen LogP contribution in [0.4, 0.5) is 0 Å². The zero-order valence-corrected chi connectivity index (χ0v) is 15.0. The molecule has 24 heavy (non-hydrogen) atoms. The molecule has 2 heterocycles. The molecule has 0 atom stereocenters. The second-order valence-electron chi connectivity index (χ2n) is 5.44. The Morgan fingerprint density at radius 1 is 1.21 bits per heavy atom. The van der Waals surface area contributed by atoms with Gasteiger partial charge in [0.25, 0.3) is 5.91 Å². The van der Waals surface area contributed by atoms with Crippen LogP contribution in [0.1, 0.15) is 32.7 Å². The van der Waals surface area contributed by atoms with E-state index in [0.717, 1.165) is 12.2 Å². The summed E-state index contributed by atoms with van der Waals surface area (Å²) in [5.74, 6) is 3.20. The third-order valence-electron chi connectivity index (χ3n) is 3.64. The summed E-state index contributed by atoms with van der Waals surface area (Å²) in [5.41, 5.74) is 2.01. The Kier molecular flexibility index (Phi) is 6.69. The van der Waals surface area contributed by atoms with Gasteiger partial charge in [0.05, 0.1) is 10.8 Å². The number of carbonyl (C=O) groups is 1. The first-order valence-corrected chi connectivity index (χ1v) is 10.1. The number of carbonyl (C=O) groups excluding carboxylic acids is 1. The van der Waals surface area contributed by atoms with E-state index >= 15 is 0 Å². The van der Waals surface area contributed by atoms with Crippen molar-refractivity contribution in [3.63, 3.8) is 0 Å². The smallest absolute Gasteiger partial charge is 0.251 e. The summed E-state index contributed by atoms with van der Waals surface area (Å²) in [5, 5.41) is 2.93. The molecular formula is C18H21NO3S2. The number of hydrogen-bond acceptors (Lipinski definition) is 5. The molecule has 1 fully saturated rings. The highest BCUT2D eigenvalue weighted by atomic mass is 32.2. The minimum atomic E-state index is -0.0284. The van der Waals surface area contributed by atoms with Gasteiger partial charge in [-0.05, 0) is 36.2 Å². The van der Waals surface area contributed by atoms with Crippen molar-refractivity contribution in [3.05, 3.63) is 59.5 Å². The van der Waals surface area contributed by atoms with Crippen molar-refractivity contribution < 1.29 is 13.9 Å². The SMILES string of the molecule is O=C(NCCCOCc1ccco1)c1ccc(C2SCCS2)cc1. The Hall–Kier alpha value is -1.37. The van der Waals surface area contributed by atoms with E-state index in [2.05, 4.69) is 17.4 Å². The molecule has 2 aromatic rings. The van der Waals surface area contributed by atoms with Crippen LogP contribution in [0.15, 0.2) is 47.1 Å². The van der Waals surface area contributed by atoms with Crippen LogP contribution in [0, 0.1) is 0 Å². The van der Waals surface area contributed by atoms with Crippen molar-refractivity contribution in [2.75, 3.05) is 24.7 Å².